The van der Waals surface area contributed by atoms with Gasteiger partial charge in [0.2, 0.25) is 6.79 Å². The normalized spacial score (nSPS) is 13.7. The lowest BCUT2D eigenvalue weighted by atomic mass is 10.0. The molecule has 2 aromatic rings. The Labute approximate surface area is 172 Å². The third-order valence-corrected chi connectivity index (χ3v) is 4.31. The van der Waals surface area contributed by atoms with Crippen LogP contribution in [0.3, 0.4) is 0 Å². The highest BCUT2D eigenvalue weighted by molar-refractivity contribution is 14.0. The summed E-state index contributed by atoms with van der Waals surface area (Å²) in [6, 6.07) is 16.6. The molecule has 2 aromatic carbocycles. The predicted octanol–water partition coefficient (Wildman–Crippen LogP) is 3.54. The molecule has 0 spiro atoms. The first-order valence-corrected chi connectivity index (χ1v) is 8.64. The summed E-state index contributed by atoms with van der Waals surface area (Å²) in [5, 5.41) is 6.75. The minimum atomic E-state index is 0. The number of nitrogens with one attached hydrogen (secondary N) is 2. The van der Waals surface area contributed by atoms with E-state index in [0.717, 1.165) is 37.0 Å². The number of fused-ring (bicyclic) bond motifs is 1. The van der Waals surface area contributed by atoms with Gasteiger partial charge in [0.15, 0.2) is 17.5 Å². The molecule has 0 radical (unpaired) electrons. The molecular formula is C20H26IN3O2. The lowest BCUT2D eigenvalue weighted by Crippen LogP contribution is -2.39. The maximum atomic E-state index is 5.42. The molecule has 1 unspecified atom stereocenters. The van der Waals surface area contributed by atoms with Crippen LogP contribution in [0.2, 0.25) is 0 Å². The minimum absolute atomic E-state index is 0. The van der Waals surface area contributed by atoms with Crippen LogP contribution < -0.4 is 20.1 Å². The average molecular weight is 467 g/mol. The molecule has 2 N–H and O–H groups in total. The summed E-state index contributed by atoms with van der Waals surface area (Å²) in [5.74, 6) is 2.90. The topological polar surface area (TPSA) is 54.9 Å². The largest absolute Gasteiger partial charge is 0.454 e. The number of halogens is 1. The molecule has 1 aliphatic rings. The van der Waals surface area contributed by atoms with Gasteiger partial charge in [-0.1, -0.05) is 43.3 Å². The fourth-order valence-corrected chi connectivity index (χ4v) is 2.79. The third-order valence-electron chi connectivity index (χ3n) is 4.31. The highest BCUT2D eigenvalue weighted by Crippen LogP contribution is 2.32. The number of aliphatic imine (C=N–C) groups is 1. The standard InChI is InChI=1S/C20H25N3O2.HI/c1-15(17-6-4-3-5-7-17)13-23-20(21-2)22-11-10-16-8-9-18-19(12-16)25-14-24-18;/h3-9,12,15H,10-11,13-14H2,1-2H3,(H2,21,22,23);1H. The van der Waals surface area contributed by atoms with Gasteiger partial charge in [-0.2, -0.15) is 0 Å². The van der Waals surface area contributed by atoms with Crippen molar-refractivity contribution < 1.29 is 9.47 Å². The fraction of sp³-hybridized carbons (Fsp3) is 0.350. The smallest absolute Gasteiger partial charge is 0.231 e. The molecule has 3 rings (SSSR count). The number of ether oxygens (including phenoxy) is 2. The van der Waals surface area contributed by atoms with E-state index in [4.69, 9.17) is 9.47 Å². The molecule has 0 aliphatic carbocycles. The van der Waals surface area contributed by atoms with E-state index in [1.54, 1.807) is 7.05 Å². The second-order valence-corrected chi connectivity index (χ2v) is 6.13. The summed E-state index contributed by atoms with van der Waals surface area (Å²) in [4.78, 5) is 4.29. The van der Waals surface area contributed by atoms with Gasteiger partial charge in [-0.3, -0.25) is 4.99 Å². The van der Waals surface area contributed by atoms with E-state index in [2.05, 4.69) is 52.9 Å². The van der Waals surface area contributed by atoms with Crippen molar-refractivity contribution in [1.29, 1.82) is 0 Å². The number of hydrogen-bond acceptors (Lipinski definition) is 3. The zero-order valence-corrected chi connectivity index (χ0v) is 17.5. The quantitative estimate of drug-likeness (QED) is 0.388. The van der Waals surface area contributed by atoms with E-state index in [0.29, 0.717) is 12.7 Å². The highest BCUT2D eigenvalue weighted by atomic mass is 127. The average Bonchev–Trinajstić information content (AvgIpc) is 3.12. The van der Waals surface area contributed by atoms with Crippen molar-refractivity contribution in [3.05, 3.63) is 59.7 Å². The highest BCUT2D eigenvalue weighted by Gasteiger charge is 2.13. The summed E-state index contributed by atoms with van der Waals surface area (Å²) in [7, 11) is 1.79. The van der Waals surface area contributed by atoms with Gasteiger partial charge in [0, 0.05) is 20.1 Å². The van der Waals surface area contributed by atoms with Gasteiger partial charge >= 0.3 is 0 Å². The molecule has 0 fully saturated rings. The second-order valence-electron chi connectivity index (χ2n) is 6.13. The summed E-state index contributed by atoms with van der Waals surface area (Å²) < 4.78 is 10.8. The van der Waals surface area contributed by atoms with Crippen LogP contribution in [0.15, 0.2) is 53.5 Å². The van der Waals surface area contributed by atoms with Gasteiger partial charge in [-0.05, 0) is 35.6 Å². The fourth-order valence-electron chi connectivity index (χ4n) is 2.79. The molecule has 0 saturated carbocycles. The Hall–Kier alpha value is -1.96. The Morgan fingerprint density at radius 3 is 2.62 bits per heavy atom. The van der Waals surface area contributed by atoms with Crippen LogP contribution in [0.4, 0.5) is 0 Å². The zero-order valence-electron chi connectivity index (χ0n) is 15.2. The summed E-state index contributed by atoms with van der Waals surface area (Å²) in [6.07, 6.45) is 0.894. The number of nitrogens with zero attached hydrogens (tertiary/aromatic N) is 1. The van der Waals surface area contributed by atoms with Crippen molar-refractivity contribution in [1.82, 2.24) is 10.6 Å². The molecule has 1 aliphatic heterocycles. The molecule has 5 nitrogen and oxygen atoms in total. The first kappa shape index (κ1) is 20.4. The van der Waals surface area contributed by atoms with Crippen molar-refractivity contribution in [2.45, 2.75) is 19.3 Å². The lowest BCUT2D eigenvalue weighted by molar-refractivity contribution is 0.174. The Bertz CT molecular complexity index is 722. The maximum Gasteiger partial charge on any atom is 0.231 e. The van der Waals surface area contributed by atoms with Gasteiger partial charge in [-0.15, -0.1) is 24.0 Å². The minimum Gasteiger partial charge on any atom is -0.454 e. The Morgan fingerprint density at radius 2 is 1.85 bits per heavy atom. The molecule has 26 heavy (non-hydrogen) atoms. The van der Waals surface area contributed by atoms with Crippen molar-refractivity contribution in [2.75, 3.05) is 26.9 Å². The van der Waals surface area contributed by atoms with Crippen LogP contribution >= 0.6 is 24.0 Å². The number of benzene rings is 2. The molecule has 0 aromatic heterocycles. The van der Waals surface area contributed by atoms with Crippen LogP contribution in [-0.4, -0.2) is 32.9 Å². The van der Waals surface area contributed by atoms with Gasteiger partial charge < -0.3 is 20.1 Å². The van der Waals surface area contributed by atoms with E-state index in [-0.39, 0.29) is 24.0 Å². The summed E-state index contributed by atoms with van der Waals surface area (Å²) >= 11 is 0. The van der Waals surface area contributed by atoms with Crippen molar-refractivity contribution >= 4 is 29.9 Å². The summed E-state index contributed by atoms with van der Waals surface area (Å²) in [5.41, 5.74) is 2.54. The van der Waals surface area contributed by atoms with E-state index in [1.807, 2.05) is 18.2 Å². The number of rotatable bonds is 6. The van der Waals surface area contributed by atoms with Crippen LogP contribution in [0.25, 0.3) is 0 Å². The molecule has 140 valence electrons. The Kier molecular flexibility index (Phi) is 8.03. The molecule has 0 saturated heterocycles. The van der Waals surface area contributed by atoms with Crippen LogP contribution in [-0.2, 0) is 6.42 Å². The van der Waals surface area contributed by atoms with Crippen LogP contribution in [0, 0.1) is 0 Å². The van der Waals surface area contributed by atoms with E-state index in [1.165, 1.54) is 11.1 Å². The molecule has 0 amide bonds. The second kappa shape index (κ2) is 10.3. The molecule has 1 heterocycles. The molecular weight excluding hydrogens is 441 g/mol. The van der Waals surface area contributed by atoms with Gasteiger partial charge in [0.25, 0.3) is 0 Å². The molecule has 6 heteroatoms. The van der Waals surface area contributed by atoms with E-state index < -0.39 is 0 Å². The monoisotopic (exact) mass is 467 g/mol. The number of guanidine groups is 1. The predicted molar refractivity (Wildman–Crippen MR) is 116 cm³/mol. The van der Waals surface area contributed by atoms with Gasteiger partial charge in [0.1, 0.15) is 0 Å². The van der Waals surface area contributed by atoms with Crippen LogP contribution in [0.1, 0.15) is 24.0 Å². The van der Waals surface area contributed by atoms with Gasteiger partial charge in [-0.25, -0.2) is 0 Å². The summed E-state index contributed by atoms with van der Waals surface area (Å²) in [6.45, 7) is 4.17. The van der Waals surface area contributed by atoms with Crippen molar-refractivity contribution in [2.24, 2.45) is 4.99 Å². The van der Waals surface area contributed by atoms with E-state index in [9.17, 15) is 0 Å². The maximum absolute atomic E-state index is 5.42. The molecule has 1 atom stereocenters. The van der Waals surface area contributed by atoms with Gasteiger partial charge in [0.05, 0.1) is 0 Å². The lowest BCUT2D eigenvalue weighted by Gasteiger charge is -2.16. The Balaban J connectivity index is 0.00000243. The third kappa shape index (κ3) is 5.52. The number of hydrogen-bond donors (Lipinski definition) is 2. The van der Waals surface area contributed by atoms with Crippen molar-refractivity contribution in [3.63, 3.8) is 0 Å². The Morgan fingerprint density at radius 1 is 1.08 bits per heavy atom. The molecule has 0 bridgehead atoms. The van der Waals surface area contributed by atoms with E-state index >= 15 is 0 Å². The SMILES string of the molecule is CN=C(NCCc1ccc2c(c1)OCO2)NCC(C)c1ccccc1.I. The van der Waals surface area contributed by atoms with Crippen LogP contribution in [0.5, 0.6) is 11.5 Å². The zero-order chi connectivity index (χ0) is 17.5. The first-order chi connectivity index (χ1) is 12.3. The van der Waals surface area contributed by atoms with Crippen molar-refractivity contribution in [3.8, 4) is 11.5 Å². The first-order valence-electron chi connectivity index (χ1n) is 8.64.